The van der Waals surface area contributed by atoms with Crippen LogP contribution in [0.2, 0.25) is 0 Å². The van der Waals surface area contributed by atoms with E-state index >= 15 is 0 Å². The Labute approximate surface area is 168 Å². The van der Waals surface area contributed by atoms with Crippen LogP contribution >= 0.6 is 11.3 Å². The first-order valence-corrected chi connectivity index (χ1v) is 10.6. The van der Waals surface area contributed by atoms with Crippen molar-refractivity contribution in [1.29, 1.82) is 0 Å². The van der Waals surface area contributed by atoms with Gasteiger partial charge in [0.15, 0.2) is 5.58 Å². The lowest BCUT2D eigenvalue weighted by Gasteiger charge is -2.18. The minimum absolute atomic E-state index is 0.238. The summed E-state index contributed by atoms with van der Waals surface area (Å²) in [5, 5.41) is 6.31. The zero-order valence-corrected chi connectivity index (χ0v) is 16.4. The van der Waals surface area contributed by atoms with Crippen LogP contribution in [0.3, 0.4) is 0 Å². The summed E-state index contributed by atoms with van der Waals surface area (Å²) >= 11 is 1.66. The number of hydrogen-bond donors (Lipinski definition) is 0. The maximum Gasteiger partial charge on any atom is 0.178 e. The van der Waals surface area contributed by atoms with E-state index in [1.54, 1.807) is 11.3 Å². The minimum atomic E-state index is 0.238. The molecule has 1 aliphatic carbocycles. The molecule has 1 atom stereocenters. The molecule has 0 bridgehead atoms. The predicted molar refractivity (Wildman–Crippen MR) is 113 cm³/mol. The molecule has 5 rings (SSSR count). The number of hydrogen-bond acceptors (Lipinski definition) is 5. The molecule has 1 fully saturated rings. The summed E-state index contributed by atoms with van der Waals surface area (Å²) < 4.78 is 12.9. The topological polar surface area (TPSA) is 38.5 Å². The molecule has 5 heteroatoms. The van der Waals surface area contributed by atoms with Crippen LogP contribution < -0.4 is 0 Å². The number of likely N-dealkylation sites (tertiary alicyclic amines) is 1. The van der Waals surface area contributed by atoms with Crippen molar-refractivity contribution in [3.8, 4) is 0 Å². The van der Waals surface area contributed by atoms with Crippen molar-refractivity contribution in [2.45, 2.75) is 25.5 Å². The van der Waals surface area contributed by atoms with Crippen LogP contribution in [0, 0.1) is 0 Å². The highest BCUT2D eigenvalue weighted by Crippen LogP contribution is 2.32. The molecule has 1 unspecified atom stereocenters. The summed E-state index contributed by atoms with van der Waals surface area (Å²) in [7, 11) is 0. The van der Waals surface area contributed by atoms with Gasteiger partial charge in [0, 0.05) is 31.6 Å². The Kier molecular flexibility index (Phi) is 4.85. The number of fused-ring (bicyclic) bond motifs is 1. The maximum absolute atomic E-state index is 6.39. The second kappa shape index (κ2) is 7.78. The summed E-state index contributed by atoms with van der Waals surface area (Å²) in [5.41, 5.74) is 4.15. The third-order valence-electron chi connectivity index (χ3n) is 5.20. The molecule has 0 N–H and O–H groups in total. The van der Waals surface area contributed by atoms with Gasteiger partial charge in [-0.15, -0.1) is 11.3 Å². The minimum Gasteiger partial charge on any atom is -0.493 e. The van der Waals surface area contributed by atoms with Gasteiger partial charge in [-0.25, -0.2) is 0 Å². The molecule has 0 spiro atoms. The van der Waals surface area contributed by atoms with Crippen LogP contribution in [0.25, 0.3) is 15.9 Å². The number of allylic oxidation sites excluding steroid dienone is 5. The quantitative estimate of drug-likeness (QED) is 0.584. The van der Waals surface area contributed by atoms with Crippen molar-refractivity contribution in [1.82, 2.24) is 10.1 Å². The summed E-state index contributed by atoms with van der Waals surface area (Å²) in [4.78, 5) is 2.47. The molecular formula is C23H22N2O2S. The van der Waals surface area contributed by atoms with E-state index in [0.717, 1.165) is 59.8 Å². The molecule has 0 saturated carbocycles. The van der Waals surface area contributed by atoms with Crippen molar-refractivity contribution < 1.29 is 9.26 Å². The first kappa shape index (κ1) is 17.5. The van der Waals surface area contributed by atoms with Crippen LogP contribution in [-0.4, -0.2) is 29.3 Å². The second-order valence-electron chi connectivity index (χ2n) is 7.26. The van der Waals surface area contributed by atoms with Gasteiger partial charge in [-0.3, -0.25) is 4.90 Å². The Morgan fingerprint density at radius 1 is 1.21 bits per heavy atom. The van der Waals surface area contributed by atoms with Crippen molar-refractivity contribution in [3.63, 3.8) is 0 Å². The Bertz CT molecular complexity index is 1040. The van der Waals surface area contributed by atoms with Crippen LogP contribution in [0.5, 0.6) is 0 Å². The number of benzene rings is 1. The SMILES string of the molecule is C1=CCC(OC2CCN(Cc3ccccc3)C2)=CC(c2noc3ccsc23)=C1. The van der Waals surface area contributed by atoms with E-state index < -0.39 is 0 Å². The van der Waals surface area contributed by atoms with Gasteiger partial charge in [0.25, 0.3) is 0 Å². The monoisotopic (exact) mass is 390 g/mol. The number of aromatic nitrogens is 1. The zero-order valence-electron chi connectivity index (χ0n) is 15.6. The van der Waals surface area contributed by atoms with Gasteiger partial charge in [0.2, 0.25) is 0 Å². The summed E-state index contributed by atoms with van der Waals surface area (Å²) in [5.74, 6) is 0.999. The van der Waals surface area contributed by atoms with Gasteiger partial charge in [-0.2, -0.15) is 0 Å². The molecule has 1 saturated heterocycles. The van der Waals surface area contributed by atoms with E-state index in [9.17, 15) is 0 Å². The standard InChI is InChI=1S/C23H22N2O2S/c1-2-6-17(7-3-1)15-25-12-10-20(16-25)26-19-9-5-4-8-18(14-19)22-23-21(27-24-22)11-13-28-23/h1-8,11,13-14,20H,9-10,12,15-16H2. The fraction of sp³-hybridized carbons (Fsp3) is 0.261. The summed E-state index contributed by atoms with van der Waals surface area (Å²) in [6.07, 6.45) is 10.5. The normalized spacial score (nSPS) is 20.2. The Hall–Kier alpha value is -2.63. The molecule has 3 heterocycles. The highest BCUT2D eigenvalue weighted by Gasteiger charge is 2.25. The van der Waals surface area contributed by atoms with Crippen molar-refractivity contribution >= 4 is 27.2 Å². The van der Waals surface area contributed by atoms with Gasteiger partial charge >= 0.3 is 0 Å². The predicted octanol–water partition coefficient (Wildman–Crippen LogP) is 5.41. The van der Waals surface area contributed by atoms with Gasteiger partial charge in [-0.05, 0) is 29.5 Å². The van der Waals surface area contributed by atoms with Crippen molar-refractivity contribution in [2.24, 2.45) is 0 Å². The molecule has 142 valence electrons. The molecule has 2 aromatic heterocycles. The molecule has 1 aromatic carbocycles. The zero-order chi connectivity index (χ0) is 18.8. The summed E-state index contributed by atoms with van der Waals surface area (Å²) in [6, 6.07) is 12.6. The van der Waals surface area contributed by atoms with E-state index in [-0.39, 0.29) is 6.10 Å². The average Bonchev–Trinajstić information content (AvgIpc) is 3.39. The first-order valence-electron chi connectivity index (χ1n) is 9.69. The third kappa shape index (κ3) is 3.68. The van der Waals surface area contributed by atoms with Crippen LogP contribution in [-0.2, 0) is 11.3 Å². The largest absolute Gasteiger partial charge is 0.493 e. The lowest BCUT2D eigenvalue weighted by atomic mass is 10.1. The molecule has 1 aliphatic heterocycles. The van der Waals surface area contributed by atoms with Crippen LogP contribution in [0.15, 0.2) is 76.4 Å². The van der Waals surface area contributed by atoms with E-state index in [1.165, 1.54) is 5.56 Å². The number of rotatable bonds is 5. The fourth-order valence-electron chi connectivity index (χ4n) is 3.82. The number of thiophene rings is 1. The molecule has 2 aliphatic rings. The van der Waals surface area contributed by atoms with Crippen molar-refractivity contribution in [2.75, 3.05) is 13.1 Å². The fourth-order valence-corrected chi connectivity index (χ4v) is 4.64. The van der Waals surface area contributed by atoms with Crippen LogP contribution in [0.4, 0.5) is 0 Å². The highest BCUT2D eigenvalue weighted by atomic mass is 32.1. The molecule has 28 heavy (non-hydrogen) atoms. The second-order valence-corrected chi connectivity index (χ2v) is 8.18. The summed E-state index contributed by atoms with van der Waals surface area (Å²) in [6.45, 7) is 3.03. The van der Waals surface area contributed by atoms with E-state index in [2.05, 4.69) is 64.7 Å². The Balaban J connectivity index is 1.27. The van der Waals surface area contributed by atoms with E-state index in [4.69, 9.17) is 9.26 Å². The maximum atomic E-state index is 6.39. The molecule has 4 nitrogen and oxygen atoms in total. The van der Waals surface area contributed by atoms with Gasteiger partial charge in [-0.1, -0.05) is 53.7 Å². The van der Waals surface area contributed by atoms with E-state index in [1.807, 2.05) is 11.4 Å². The molecule has 0 amide bonds. The first-order chi connectivity index (χ1) is 13.8. The Morgan fingerprint density at radius 3 is 3.07 bits per heavy atom. The van der Waals surface area contributed by atoms with E-state index in [0.29, 0.717) is 0 Å². The number of nitrogens with zero attached hydrogens (tertiary/aromatic N) is 2. The van der Waals surface area contributed by atoms with Crippen LogP contribution in [0.1, 0.15) is 24.1 Å². The molecule has 3 aromatic rings. The lowest BCUT2D eigenvalue weighted by molar-refractivity contribution is 0.117. The molecular weight excluding hydrogens is 368 g/mol. The highest BCUT2D eigenvalue weighted by molar-refractivity contribution is 7.17. The lowest BCUT2D eigenvalue weighted by Crippen LogP contribution is -2.22. The average molecular weight is 391 g/mol. The molecule has 0 radical (unpaired) electrons. The smallest absolute Gasteiger partial charge is 0.178 e. The van der Waals surface area contributed by atoms with Gasteiger partial charge in [0.1, 0.15) is 22.3 Å². The van der Waals surface area contributed by atoms with Gasteiger partial charge in [0.05, 0.1) is 0 Å². The number of ether oxygens (including phenoxy) is 1. The third-order valence-corrected chi connectivity index (χ3v) is 6.10. The Morgan fingerprint density at radius 2 is 2.14 bits per heavy atom. The van der Waals surface area contributed by atoms with Crippen molar-refractivity contribution in [3.05, 3.63) is 83.1 Å². The van der Waals surface area contributed by atoms with Gasteiger partial charge < -0.3 is 9.26 Å².